The van der Waals surface area contributed by atoms with Gasteiger partial charge in [0, 0.05) is 19.5 Å². The summed E-state index contributed by atoms with van der Waals surface area (Å²) in [6.45, 7) is 14.9. The monoisotopic (exact) mass is 340 g/mol. The first-order valence-corrected chi connectivity index (χ1v) is 9.39. The van der Waals surface area contributed by atoms with Gasteiger partial charge in [0.1, 0.15) is 11.6 Å². The lowest BCUT2D eigenvalue weighted by molar-refractivity contribution is -0.162. The first-order valence-electron chi connectivity index (χ1n) is 9.39. The number of amides is 1. The fraction of sp³-hybridized carbons (Fsp3) is 0.895. The van der Waals surface area contributed by atoms with Crippen LogP contribution in [0.4, 0.5) is 0 Å². The molecule has 140 valence electrons. The largest absolute Gasteiger partial charge is 0.458 e. The van der Waals surface area contributed by atoms with Gasteiger partial charge >= 0.3 is 5.97 Å². The molecule has 2 heterocycles. The molecule has 2 fully saturated rings. The van der Waals surface area contributed by atoms with Crippen molar-refractivity contribution in [3.8, 4) is 0 Å². The van der Waals surface area contributed by atoms with Crippen LogP contribution < -0.4 is 0 Å². The van der Waals surface area contributed by atoms with Crippen molar-refractivity contribution in [2.45, 2.75) is 91.3 Å². The van der Waals surface area contributed by atoms with Crippen molar-refractivity contribution in [3.63, 3.8) is 0 Å². The number of esters is 1. The average molecular weight is 341 g/mol. The molecule has 1 amide bonds. The first-order chi connectivity index (χ1) is 11.2. The Balaban J connectivity index is 0.000000272. The number of nitrogens with zero attached hydrogens (tertiary/aromatic N) is 2. The van der Waals surface area contributed by atoms with E-state index in [1.807, 2.05) is 20.8 Å². The molecule has 0 aromatic rings. The van der Waals surface area contributed by atoms with E-state index in [2.05, 4.69) is 18.7 Å². The zero-order valence-electron chi connectivity index (χ0n) is 16.4. The van der Waals surface area contributed by atoms with E-state index in [1.165, 1.54) is 39.3 Å². The van der Waals surface area contributed by atoms with Crippen molar-refractivity contribution in [3.05, 3.63) is 0 Å². The van der Waals surface area contributed by atoms with E-state index in [9.17, 15) is 9.59 Å². The highest BCUT2D eigenvalue weighted by Crippen LogP contribution is 2.21. The molecule has 2 aliphatic rings. The average Bonchev–Trinajstić information content (AvgIpc) is 3.16. The summed E-state index contributed by atoms with van der Waals surface area (Å²) in [6.07, 6.45) is 5.74. The van der Waals surface area contributed by atoms with Gasteiger partial charge in [0.25, 0.3) is 0 Å². The van der Waals surface area contributed by atoms with Crippen LogP contribution in [0.2, 0.25) is 0 Å². The van der Waals surface area contributed by atoms with Gasteiger partial charge in [0.05, 0.1) is 0 Å². The van der Waals surface area contributed by atoms with Crippen LogP contribution in [0, 0.1) is 0 Å². The number of carbonyl (C=O) groups excluding carboxylic acids is 2. The van der Waals surface area contributed by atoms with Crippen LogP contribution in [0.25, 0.3) is 0 Å². The predicted molar refractivity (Wildman–Crippen MR) is 96.8 cm³/mol. The molecule has 0 N–H and O–H groups in total. The molecule has 0 spiro atoms. The smallest absolute Gasteiger partial charge is 0.329 e. The van der Waals surface area contributed by atoms with Gasteiger partial charge in [0.15, 0.2) is 0 Å². The number of carbonyl (C=O) groups is 2. The molecule has 5 nitrogen and oxygen atoms in total. The van der Waals surface area contributed by atoms with Crippen LogP contribution in [-0.4, -0.2) is 59.0 Å². The molecule has 2 rings (SSSR count). The highest BCUT2D eigenvalue weighted by molar-refractivity contribution is 5.84. The zero-order chi connectivity index (χ0) is 18.3. The summed E-state index contributed by atoms with van der Waals surface area (Å²) >= 11 is 0. The lowest BCUT2D eigenvalue weighted by atomic mass is 10.1. The zero-order valence-corrected chi connectivity index (χ0v) is 16.4. The van der Waals surface area contributed by atoms with Crippen LogP contribution in [0.1, 0.15) is 73.6 Å². The Morgan fingerprint density at radius 2 is 1.71 bits per heavy atom. The number of ether oxygens (including phenoxy) is 1. The van der Waals surface area contributed by atoms with Gasteiger partial charge in [-0.25, -0.2) is 4.79 Å². The Kier molecular flexibility index (Phi) is 8.20. The molecule has 0 bridgehead atoms. The highest BCUT2D eigenvalue weighted by atomic mass is 16.6. The minimum Gasteiger partial charge on any atom is -0.458 e. The summed E-state index contributed by atoms with van der Waals surface area (Å²) in [5.41, 5.74) is -0.484. The third kappa shape index (κ3) is 6.80. The van der Waals surface area contributed by atoms with Gasteiger partial charge in [0.2, 0.25) is 5.91 Å². The van der Waals surface area contributed by atoms with E-state index in [-0.39, 0.29) is 17.9 Å². The van der Waals surface area contributed by atoms with E-state index in [4.69, 9.17) is 4.74 Å². The summed E-state index contributed by atoms with van der Waals surface area (Å²) in [4.78, 5) is 27.2. The van der Waals surface area contributed by atoms with Crippen molar-refractivity contribution in [2.24, 2.45) is 0 Å². The molecular formula is C19H36N2O3. The second kappa shape index (κ2) is 9.40. The van der Waals surface area contributed by atoms with Crippen molar-refractivity contribution in [1.29, 1.82) is 0 Å². The lowest BCUT2D eigenvalue weighted by Gasteiger charge is -2.26. The Labute approximate surface area is 147 Å². The lowest BCUT2D eigenvalue weighted by Crippen LogP contribution is -2.42. The summed E-state index contributed by atoms with van der Waals surface area (Å²) in [5, 5.41) is 0. The second-order valence-corrected chi connectivity index (χ2v) is 7.90. The van der Waals surface area contributed by atoms with Crippen molar-refractivity contribution >= 4 is 11.9 Å². The van der Waals surface area contributed by atoms with Crippen LogP contribution in [0.15, 0.2) is 0 Å². The van der Waals surface area contributed by atoms with Gasteiger partial charge in [-0.15, -0.1) is 0 Å². The quantitative estimate of drug-likeness (QED) is 0.740. The molecule has 0 aromatic carbocycles. The van der Waals surface area contributed by atoms with E-state index in [1.54, 1.807) is 4.90 Å². The fourth-order valence-corrected chi connectivity index (χ4v) is 3.20. The molecule has 0 saturated carbocycles. The van der Waals surface area contributed by atoms with E-state index < -0.39 is 5.60 Å². The topological polar surface area (TPSA) is 49.9 Å². The molecule has 2 atom stereocenters. The Hall–Kier alpha value is -1.10. The Morgan fingerprint density at radius 3 is 2.17 bits per heavy atom. The van der Waals surface area contributed by atoms with Crippen LogP contribution in [-0.2, 0) is 14.3 Å². The van der Waals surface area contributed by atoms with Gasteiger partial charge in [-0.05, 0) is 72.9 Å². The van der Waals surface area contributed by atoms with Crippen molar-refractivity contribution in [1.82, 2.24) is 9.80 Å². The minimum atomic E-state index is -0.484. The summed E-state index contributed by atoms with van der Waals surface area (Å²) < 4.78 is 5.27. The third-order valence-corrected chi connectivity index (χ3v) is 4.69. The SMILES string of the molecule is CC(=O)N1CCC[C@@H]1C(=O)OC(C)(C)C.CCC(C)N1CCCC1. The van der Waals surface area contributed by atoms with Crippen LogP contribution in [0.5, 0.6) is 0 Å². The standard InChI is InChI=1S/C11H19NO3.C8H17N/c1-8(13)12-7-5-6-9(12)10(14)15-11(2,3)4;1-3-8(2)9-6-4-5-7-9/h9H,5-7H2,1-4H3;8H,3-7H2,1-2H3/t9-;/m1./s1. The second-order valence-electron chi connectivity index (χ2n) is 7.90. The molecule has 0 radical (unpaired) electrons. The summed E-state index contributed by atoms with van der Waals surface area (Å²) in [6, 6.07) is 0.453. The summed E-state index contributed by atoms with van der Waals surface area (Å²) in [5.74, 6) is -0.335. The molecule has 0 aliphatic carbocycles. The maximum absolute atomic E-state index is 11.8. The third-order valence-electron chi connectivity index (χ3n) is 4.69. The molecule has 1 unspecified atom stereocenters. The van der Waals surface area contributed by atoms with E-state index in [0.717, 1.165) is 12.5 Å². The molecule has 5 heteroatoms. The van der Waals surface area contributed by atoms with E-state index in [0.29, 0.717) is 13.0 Å². The molecule has 2 saturated heterocycles. The normalized spacial score (nSPS) is 22.8. The van der Waals surface area contributed by atoms with E-state index >= 15 is 0 Å². The fourth-order valence-electron chi connectivity index (χ4n) is 3.20. The van der Waals surface area contributed by atoms with Gasteiger partial charge in [-0.1, -0.05) is 6.92 Å². The first kappa shape index (κ1) is 20.9. The maximum Gasteiger partial charge on any atom is 0.329 e. The number of rotatable bonds is 3. The molecule has 2 aliphatic heterocycles. The Bertz CT molecular complexity index is 411. The van der Waals surface area contributed by atoms with Crippen molar-refractivity contribution in [2.75, 3.05) is 19.6 Å². The van der Waals surface area contributed by atoms with Crippen LogP contribution >= 0.6 is 0 Å². The van der Waals surface area contributed by atoms with Gasteiger partial charge in [-0.2, -0.15) is 0 Å². The molecule has 0 aromatic heterocycles. The predicted octanol–water partition coefficient (Wildman–Crippen LogP) is 3.22. The van der Waals surface area contributed by atoms with Crippen molar-refractivity contribution < 1.29 is 14.3 Å². The maximum atomic E-state index is 11.8. The van der Waals surface area contributed by atoms with Crippen LogP contribution in [0.3, 0.4) is 0 Å². The number of hydrogen-bond donors (Lipinski definition) is 0. The minimum absolute atomic E-state index is 0.0524. The Morgan fingerprint density at radius 1 is 1.12 bits per heavy atom. The summed E-state index contributed by atoms with van der Waals surface area (Å²) in [7, 11) is 0. The number of likely N-dealkylation sites (tertiary alicyclic amines) is 2. The van der Waals surface area contributed by atoms with Gasteiger partial charge in [-0.3, -0.25) is 4.79 Å². The van der Waals surface area contributed by atoms with Gasteiger partial charge < -0.3 is 14.5 Å². The molecular weight excluding hydrogens is 304 g/mol. The highest BCUT2D eigenvalue weighted by Gasteiger charge is 2.35. The number of hydrogen-bond acceptors (Lipinski definition) is 4. The molecule has 24 heavy (non-hydrogen) atoms.